The summed E-state index contributed by atoms with van der Waals surface area (Å²) in [6, 6.07) is 0.748. The van der Waals surface area contributed by atoms with E-state index in [1.165, 1.54) is 32.1 Å². The molecule has 0 aromatic carbocycles. The molecule has 1 saturated carbocycles. The lowest BCUT2D eigenvalue weighted by molar-refractivity contribution is -0.0487. The van der Waals surface area contributed by atoms with Gasteiger partial charge in [0.2, 0.25) is 0 Å². The Balaban J connectivity index is 1.84. The molecule has 1 aliphatic carbocycles. The molecule has 2 aliphatic rings. The largest absolute Gasteiger partial charge is 0.374 e. The van der Waals surface area contributed by atoms with Crippen LogP contribution < -0.4 is 5.73 Å². The lowest BCUT2D eigenvalue weighted by Gasteiger charge is -2.39. The van der Waals surface area contributed by atoms with Gasteiger partial charge in [0.05, 0.1) is 12.7 Å². The number of hydrogen-bond donors (Lipinski definition) is 1. The van der Waals surface area contributed by atoms with E-state index in [4.69, 9.17) is 10.5 Å². The van der Waals surface area contributed by atoms with E-state index in [1.54, 1.807) is 0 Å². The molecule has 0 aromatic heterocycles. The Bertz CT molecular complexity index is 244. The molecule has 2 rings (SSSR count). The first kappa shape index (κ1) is 15.2. The van der Waals surface area contributed by atoms with Crippen molar-refractivity contribution in [2.24, 2.45) is 5.73 Å². The molecule has 19 heavy (non-hydrogen) atoms. The Morgan fingerprint density at radius 1 is 1.26 bits per heavy atom. The molecule has 1 saturated heterocycles. The van der Waals surface area contributed by atoms with Gasteiger partial charge in [0, 0.05) is 38.8 Å². The van der Waals surface area contributed by atoms with Crippen LogP contribution in [0.25, 0.3) is 0 Å². The summed E-state index contributed by atoms with van der Waals surface area (Å²) in [4.78, 5) is 5.10. The molecule has 2 N–H and O–H groups in total. The van der Waals surface area contributed by atoms with E-state index in [0.717, 1.165) is 51.9 Å². The predicted molar refractivity (Wildman–Crippen MR) is 79.4 cm³/mol. The summed E-state index contributed by atoms with van der Waals surface area (Å²) in [5.41, 5.74) is 5.80. The van der Waals surface area contributed by atoms with Crippen molar-refractivity contribution in [2.75, 3.05) is 45.9 Å². The summed E-state index contributed by atoms with van der Waals surface area (Å²) >= 11 is 0. The van der Waals surface area contributed by atoms with Gasteiger partial charge < -0.3 is 10.5 Å². The minimum absolute atomic E-state index is 0.377. The number of hydrogen-bond acceptors (Lipinski definition) is 4. The van der Waals surface area contributed by atoms with Crippen LogP contribution in [0, 0.1) is 0 Å². The number of nitrogens with two attached hydrogens (primary N) is 1. The maximum atomic E-state index is 5.95. The van der Waals surface area contributed by atoms with Crippen LogP contribution in [-0.4, -0.2) is 67.8 Å². The van der Waals surface area contributed by atoms with Gasteiger partial charge in [-0.15, -0.1) is 0 Å². The van der Waals surface area contributed by atoms with E-state index in [9.17, 15) is 0 Å². The third-order valence-electron chi connectivity index (χ3n) is 4.62. The maximum absolute atomic E-state index is 5.95. The van der Waals surface area contributed by atoms with Crippen molar-refractivity contribution in [3.05, 3.63) is 0 Å². The highest BCUT2D eigenvalue weighted by Crippen LogP contribution is 2.23. The van der Waals surface area contributed by atoms with E-state index in [1.807, 2.05) is 0 Å². The van der Waals surface area contributed by atoms with Crippen molar-refractivity contribution >= 4 is 0 Å². The quantitative estimate of drug-likeness (QED) is 0.789. The Kier molecular flexibility index (Phi) is 6.57. The van der Waals surface area contributed by atoms with Gasteiger partial charge in [0.15, 0.2) is 0 Å². The SMILES string of the molecule is CCN1CCOC(CN(CCN)C2CCCCC2)C1. The van der Waals surface area contributed by atoms with Crippen LogP contribution in [0.2, 0.25) is 0 Å². The zero-order valence-electron chi connectivity index (χ0n) is 12.5. The first-order valence-corrected chi connectivity index (χ1v) is 8.11. The second-order valence-electron chi connectivity index (χ2n) is 5.96. The molecule has 112 valence electrons. The third kappa shape index (κ3) is 4.71. The van der Waals surface area contributed by atoms with E-state index in [-0.39, 0.29) is 0 Å². The van der Waals surface area contributed by atoms with Crippen LogP contribution in [0.5, 0.6) is 0 Å². The monoisotopic (exact) mass is 269 g/mol. The lowest BCUT2D eigenvalue weighted by Crippen LogP contribution is -2.50. The number of nitrogens with zero attached hydrogens (tertiary/aromatic N) is 2. The molecule has 1 aliphatic heterocycles. The molecule has 4 heteroatoms. The van der Waals surface area contributed by atoms with Crippen molar-refractivity contribution < 1.29 is 4.74 Å². The average Bonchev–Trinajstić information content (AvgIpc) is 2.48. The Morgan fingerprint density at radius 3 is 2.74 bits per heavy atom. The van der Waals surface area contributed by atoms with Crippen LogP contribution in [0.1, 0.15) is 39.0 Å². The van der Waals surface area contributed by atoms with Crippen LogP contribution in [0.3, 0.4) is 0 Å². The predicted octanol–water partition coefficient (Wildman–Crippen LogP) is 1.30. The van der Waals surface area contributed by atoms with Gasteiger partial charge in [-0.2, -0.15) is 0 Å². The fraction of sp³-hybridized carbons (Fsp3) is 1.00. The Labute approximate surface area is 118 Å². The molecule has 1 atom stereocenters. The zero-order valence-corrected chi connectivity index (χ0v) is 12.5. The number of likely N-dealkylation sites (N-methyl/N-ethyl adjacent to an activating group) is 1. The van der Waals surface area contributed by atoms with Crippen molar-refractivity contribution in [1.82, 2.24) is 9.80 Å². The summed E-state index contributed by atoms with van der Waals surface area (Å²) in [6.07, 6.45) is 7.27. The van der Waals surface area contributed by atoms with E-state index in [0.29, 0.717) is 6.10 Å². The molecular formula is C15H31N3O. The number of ether oxygens (including phenoxy) is 1. The summed E-state index contributed by atoms with van der Waals surface area (Å²) in [5.74, 6) is 0. The molecule has 1 unspecified atom stereocenters. The molecule has 0 spiro atoms. The zero-order chi connectivity index (χ0) is 13.5. The van der Waals surface area contributed by atoms with Crippen molar-refractivity contribution in [1.29, 1.82) is 0 Å². The first-order valence-electron chi connectivity index (χ1n) is 8.11. The Morgan fingerprint density at radius 2 is 2.05 bits per heavy atom. The van der Waals surface area contributed by atoms with E-state index < -0.39 is 0 Å². The van der Waals surface area contributed by atoms with Gasteiger partial charge in [-0.3, -0.25) is 9.80 Å². The van der Waals surface area contributed by atoms with Gasteiger partial charge in [-0.1, -0.05) is 26.2 Å². The van der Waals surface area contributed by atoms with Crippen LogP contribution in [0.4, 0.5) is 0 Å². The van der Waals surface area contributed by atoms with Gasteiger partial charge in [-0.25, -0.2) is 0 Å². The fourth-order valence-corrected chi connectivity index (χ4v) is 3.47. The summed E-state index contributed by atoms with van der Waals surface area (Å²) in [5, 5.41) is 0. The summed E-state index contributed by atoms with van der Waals surface area (Å²) in [7, 11) is 0. The lowest BCUT2D eigenvalue weighted by atomic mass is 9.94. The second-order valence-corrected chi connectivity index (χ2v) is 5.96. The topological polar surface area (TPSA) is 41.7 Å². The van der Waals surface area contributed by atoms with E-state index >= 15 is 0 Å². The van der Waals surface area contributed by atoms with Crippen LogP contribution >= 0.6 is 0 Å². The fourth-order valence-electron chi connectivity index (χ4n) is 3.47. The maximum Gasteiger partial charge on any atom is 0.0829 e. The minimum atomic E-state index is 0.377. The highest BCUT2D eigenvalue weighted by Gasteiger charge is 2.26. The highest BCUT2D eigenvalue weighted by atomic mass is 16.5. The van der Waals surface area contributed by atoms with Crippen molar-refractivity contribution in [3.8, 4) is 0 Å². The number of rotatable bonds is 6. The molecule has 1 heterocycles. The van der Waals surface area contributed by atoms with Gasteiger partial charge >= 0.3 is 0 Å². The molecule has 0 aromatic rings. The average molecular weight is 269 g/mol. The summed E-state index contributed by atoms with van der Waals surface area (Å²) in [6.45, 7) is 9.30. The first-order chi connectivity index (χ1) is 9.33. The molecule has 0 amide bonds. The molecule has 2 fully saturated rings. The van der Waals surface area contributed by atoms with Crippen LogP contribution in [0.15, 0.2) is 0 Å². The van der Waals surface area contributed by atoms with Crippen LogP contribution in [-0.2, 0) is 4.74 Å². The Hall–Kier alpha value is -0.160. The second kappa shape index (κ2) is 8.20. The van der Waals surface area contributed by atoms with Crippen molar-refractivity contribution in [3.63, 3.8) is 0 Å². The third-order valence-corrected chi connectivity index (χ3v) is 4.62. The number of morpholine rings is 1. The summed E-state index contributed by atoms with van der Waals surface area (Å²) < 4.78 is 5.95. The van der Waals surface area contributed by atoms with Gasteiger partial charge in [-0.05, 0) is 19.4 Å². The molecular weight excluding hydrogens is 238 g/mol. The normalized spacial score (nSPS) is 27.0. The standard InChI is InChI=1S/C15H31N3O/c1-2-17-10-11-19-15(12-17)13-18(9-8-16)14-6-4-3-5-7-14/h14-15H,2-13,16H2,1H3. The molecule has 0 bridgehead atoms. The smallest absolute Gasteiger partial charge is 0.0829 e. The molecule has 0 radical (unpaired) electrons. The van der Waals surface area contributed by atoms with E-state index in [2.05, 4.69) is 16.7 Å². The van der Waals surface area contributed by atoms with Gasteiger partial charge in [0.25, 0.3) is 0 Å². The molecule has 4 nitrogen and oxygen atoms in total. The highest BCUT2D eigenvalue weighted by molar-refractivity contribution is 4.81. The minimum Gasteiger partial charge on any atom is -0.374 e. The van der Waals surface area contributed by atoms with Gasteiger partial charge in [0.1, 0.15) is 0 Å². The van der Waals surface area contributed by atoms with Crippen molar-refractivity contribution in [2.45, 2.75) is 51.2 Å².